The van der Waals surface area contributed by atoms with Crippen LogP contribution in [0.15, 0.2) is 0 Å². The first-order valence-electron chi connectivity index (χ1n) is 3.64. The van der Waals surface area contributed by atoms with Crippen LogP contribution in [-0.4, -0.2) is 76.0 Å². The van der Waals surface area contributed by atoms with Crippen LogP contribution in [0.4, 0.5) is 0 Å². The van der Waals surface area contributed by atoms with E-state index in [0.29, 0.717) is 0 Å². The first-order chi connectivity index (χ1) is 5.35. The van der Waals surface area contributed by atoms with E-state index in [0.717, 1.165) is 0 Å². The van der Waals surface area contributed by atoms with Gasteiger partial charge in [-0.1, -0.05) is 0 Å². The molecule has 0 aliphatic rings. The molecule has 0 fully saturated rings. The summed E-state index contributed by atoms with van der Waals surface area (Å²) in [4.78, 5) is 21.5. The number of hydrogen-bond acceptors (Lipinski definition) is 4. The van der Waals surface area contributed by atoms with Crippen molar-refractivity contribution in [1.82, 2.24) is 0 Å². The zero-order chi connectivity index (χ0) is 9.78. The van der Waals surface area contributed by atoms with E-state index in [1.807, 2.05) is 0 Å². The van der Waals surface area contributed by atoms with E-state index in [4.69, 9.17) is 4.74 Å². The predicted molar refractivity (Wildman–Crippen MR) is 49.6 cm³/mol. The first kappa shape index (κ1) is 16.0. The summed E-state index contributed by atoms with van der Waals surface area (Å²) in [6.07, 6.45) is -0.326. The number of methoxy groups -OCH3 is 1. The molecular weight excluding hydrogens is 199 g/mol. The molecule has 5 heteroatoms. The fraction of sp³-hybridized carbons (Fsp3) is 0.750. The molecule has 72 valence electrons. The Bertz CT molecular complexity index is 183. The summed E-state index contributed by atoms with van der Waals surface area (Å²) >= 11 is 0. The van der Waals surface area contributed by atoms with E-state index in [1.54, 1.807) is 20.8 Å². The van der Waals surface area contributed by atoms with Crippen LogP contribution in [0.1, 0.15) is 27.2 Å². The summed E-state index contributed by atoms with van der Waals surface area (Å²) in [5.74, 6) is -1.14. The molecule has 0 bridgehead atoms. The summed E-state index contributed by atoms with van der Waals surface area (Å²) in [6, 6.07) is 0. The van der Waals surface area contributed by atoms with Crippen LogP contribution >= 0.6 is 0 Å². The molecule has 0 unspecified atom stereocenters. The quantitative estimate of drug-likeness (QED) is 0.375. The Kier molecular flexibility index (Phi) is 8.56. The fourth-order valence-electron chi connectivity index (χ4n) is 0.568. The van der Waals surface area contributed by atoms with Crippen molar-refractivity contribution in [2.75, 3.05) is 7.11 Å². The van der Waals surface area contributed by atoms with Gasteiger partial charge in [-0.25, -0.2) is 0 Å². The summed E-state index contributed by atoms with van der Waals surface area (Å²) in [6.45, 7) is 5.21. The second-order valence-corrected chi connectivity index (χ2v) is 3.34. The second kappa shape index (κ2) is 6.95. The van der Waals surface area contributed by atoms with Crippen molar-refractivity contribution >= 4 is 63.3 Å². The molecule has 0 N–H and O–H groups in total. The maximum atomic E-state index is 10.9. The number of carbonyl (C=O) groups is 2. The third-order valence-corrected chi connectivity index (χ3v) is 0.936. The SMILES string of the molecule is COC(=O)CC(=O)OC(C)(C)C.[KH]. The van der Waals surface area contributed by atoms with E-state index in [9.17, 15) is 9.59 Å². The Hall–Kier alpha value is 0.576. The number of hydrogen-bond donors (Lipinski definition) is 0. The number of esters is 2. The van der Waals surface area contributed by atoms with Crippen molar-refractivity contribution in [2.24, 2.45) is 0 Å². The number of carbonyl (C=O) groups excluding carboxylic acids is 2. The molecule has 0 saturated heterocycles. The van der Waals surface area contributed by atoms with Gasteiger partial charge in [0.2, 0.25) is 0 Å². The van der Waals surface area contributed by atoms with Gasteiger partial charge in [-0.15, -0.1) is 0 Å². The Balaban J connectivity index is 0. The van der Waals surface area contributed by atoms with E-state index in [1.165, 1.54) is 7.11 Å². The molecular formula is C8H15KO4. The van der Waals surface area contributed by atoms with Crippen molar-refractivity contribution in [3.8, 4) is 0 Å². The van der Waals surface area contributed by atoms with E-state index in [2.05, 4.69) is 4.74 Å². The predicted octanol–water partition coefficient (Wildman–Crippen LogP) is 0.243. The molecule has 13 heavy (non-hydrogen) atoms. The molecule has 0 aliphatic carbocycles. The molecule has 0 aromatic heterocycles. The van der Waals surface area contributed by atoms with Crippen molar-refractivity contribution < 1.29 is 19.1 Å². The van der Waals surface area contributed by atoms with Crippen LogP contribution in [-0.2, 0) is 19.1 Å². The van der Waals surface area contributed by atoms with Crippen molar-refractivity contribution in [1.29, 1.82) is 0 Å². The number of rotatable bonds is 2. The van der Waals surface area contributed by atoms with Gasteiger partial charge in [0.15, 0.2) is 0 Å². The average molecular weight is 214 g/mol. The molecule has 4 nitrogen and oxygen atoms in total. The van der Waals surface area contributed by atoms with Crippen LogP contribution in [0, 0.1) is 0 Å². The fourth-order valence-corrected chi connectivity index (χ4v) is 0.568. The molecule has 0 aromatic carbocycles. The van der Waals surface area contributed by atoms with E-state index >= 15 is 0 Å². The van der Waals surface area contributed by atoms with Gasteiger partial charge in [-0.3, -0.25) is 9.59 Å². The maximum absolute atomic E-state index is 10.9. The Morgan fingerprint density at radius 2 is 1.62 bits per heavy atom. The van der Waals surface area contributed by atoms with Gasteiger partial charge in [-0.2, -0.15) is 0 Å². The molecule has 0 radical (unpaired) electrons. The molecule has 0 aromatic rings. The third-order valence-electron chi connectivity index (χ3n) is 0.936. The molecule has 0 rings (SSSR count). The minimum absolute atomic E-state index is 0. The van der Waals surface area contributed by atoms with E-state index in [-0.39, 0.29) is 57.8 Å². The molecule has 0 saturated carbocycles. The van der Waals surface area contributed by atoms with Gasteiger partial charge in [-0.05, 0) is 20.8 Å². The van der Waals surface area contributed by atoms with Crippen molar-refractivity contribution in [2.45, 2.75) is 32.8 Å². The molecule has 0 amide bonds. The van der Waals surface area contributed by atoms with Crippen molar-refractivity contribution in [3.05, 3.63) is 0 Å². The molecule has 0 atom stereocenters. The Labute approximate surface area is 121 Å². The summed E-state index contributed by atoms with van der Waals surface area (Å²) < 4.78 is 9.17. The van der Waals surface area contributed by atoms with Gasteiger partial charge in [0, 0.05) is 0 Å². The zero-order valence-electron chi connectivity index (χ0n) is 7.84. The second-order valence-electron chi connectivity index (χ2n) is 3.34. The standard InChI is InChI=1S/C8H14O4.K.H/c1-8(2,3)12-7(10)5-6(9)11-4;;/h5H2,1-4H3;;. The Morgan fingerprint density at radius 1 is 1.15 bits per heavy atom. The van der Waals surface area contributed by atoms with Crippen LogP contribution in [0.3, 0.4) is 0 Å². The van der Waals surface area contributed by atoms with Crippen LogP contribution in [0.5, 0.6) is 0 Å². The number of ether oxygens (including phenoxy) is 2. The van der Waals surface area contributed by atoms with Gasteiger partial charge in [0.1, 0.15) is 12.0 Å². The topological polar surface area (TPSA) is 52.6 Å². The average Bonchev–Trinajstić information content (AvgIpc) is 1.82. The summed E-state index contributed by atoms with van der Waals surface area (Å²) in [7, 11) is 1.23. The minimum atomic E-state index is -0.579. The monoisotopic (exact) mass is 214 g/mol. The van der Waals surface area contributed by atoms with Crippen molar-refractivity contribution in [3.63, 3.8) is 0 Å². The van der Waals surface area contributed by atoms with Crippen LogP contribution < -0.4 is 0 Å². The summed E-state index contributed by atoms with van der Waals surface area (Å²) in [5.41, 5.74) is -0.550. The zero-order valence-corrected chi connectivity index (χ0v) is 7.84. The molecule has 0 aliphatic heterocycles. The van der Waals surface area contributed by atoms with Gasteiger partial charge in [0.25, 0.3) is 0 Å². The van der Waals surface area contributed by atoms with E-state index < -0.39 is 17.5 Å². The Morgan fingerprint density at radius 3 is 1.92 bits per heavy atom. The molecule has 0 spiro atoms. The summed E-state index contributed by atoms with van der Waals surface area (Å²) in [5, 5.41) is 0. The third kappa shape index (κ3) is 10.5. The normalized spacial score (nSPS) is 9.85. The van der Waals surface area contributed by atoms with Gasteiger partial charge < -0.3 is 9.47 Å². The van der Waals surface area contributed by atoms with Gasteiger partial charge in [0.05, 0.1) is 7.11 Å². The first-order valence-corrected chi connectivity index (χ1v) is 3.64. The van der Waals surface area contributed by atoms with Crippen LogP contribution in [0.25, 0.3) is 0 Å². The molecule has 0 heterocycles. The van der Waals surface area contributed by atoms with Gasteiger partial charge >= 0.3 is 63.3 Å². The van der Waals surface area contributed by atoms with Crippen LogP contribution in [0.2, 0.25) is 0 Å².